The van der Waals surface area contributed by atoms with Gasteiger partial charge in [0.25, 0.3) is 0 Å². The number of amides is 1. The van der Waals surface area contributed by atoms with E-state index < -0.39 is 15.4 Å². The lowest BCUT2D eigenvalue weighted by Crippen LogP contribution is -2.41. The number of methoxy groups -OCH3 is 1. The zero-order valence-electron chi connectivity index (χ0n) is 12.4. The van der Waals surface area contributed by atoms with Gasteiger partial charge in [0.1, 0.15) is 5.75 Å². The van der Waals surface area contributed by atoms with E-state index in [9.17, 15) is 13.2 Å². The number of nitrogens with one attached hydrogen (secondary N) is 2. The van der Waals surface area contributed by atoms with Gasteiger partial charge in [-0.3, -0.25) is 4.79 Å². The van der Waals surface area contributed by atoms with Gasteiger partial charge >= 0.3 is 0 Å². The van der Waals surface area contributed by atoms with Crippen LogP contribution in [0, 0.1) is 5.41 Å². The van der Waals surface area contributed by atoms with Crippen molar-refractivity contribution < 1.29 is 17.9 Å². The lowest BCUT2D eigenvalue weighted by molar-refractivity contribution is -0.123. The van der Waals surface area contributed by atoms with Crippen LogP contribution in [0.5, 0.6) is 5.75 Å². The fourth-order valence-electron chi connectivity index (χ4n) is 1.44. The van der Waals surface area contributed by atoms with Gasteiger partial charge in [-0.1, -0.05) is 11.6 Å². The Morgan fingerprint density at radius 2 is 2.00 bits per heavy atom. The molecule has 21 heavy (non-hydrogen) atoms. The van der Waals surface area contributed by atoms with Gasteiger partial charge in [0.05, 0.1) is 23.8 Å². The second-order valence-electron chi connectivity index (χ2n) is 5.28. The highest BCUT2D eigenvalue weighted by Gasteiger charge is 2.28. The highest BCUT2D eigenvalue weighted by molar-refractivity contribution is 7.88. The van der Waals surface area contributed by atoms with Crippen molar-refractivity contribution in [1.82, 2.24) is 4.72 Å². The van der Waals surface area contributed by atoms with Gasteiger partial charge in [0.15, 0.2) is 0 Å². The molecule has 0 aromatic heterocycles. The van der Waals surface area contributed by atoms with Gasteiger partial charge in [-0.25, -0.2) is 13.1 Å². The molecule has 1 amide bonds. The summed E-state index contributed by atoms with van der Waals surface area (Å²) in [6.45, 7) is 3.29. The number of benzene rings is 1. The molecule has 1 aromatic rings. The van der Waals surface area contributed by atoms with E-state index in [4.69, 9.17) is 16.3 Å². The van der Waals surface area contributed by atoms with Crippen LogP contribution >= 0.6 is 11.6 Å². The van der Waals surface area contributed by atoms with Gasteiger partial charge < -0.3 is 10.1 Å². The van der Waals surface area contributed by atoms with Crippen molar-refractivity contribution in [3.8, 4) is 5.75 Å². The Bertz CT molecular complexity index is 629. The quantitative estimate of drug-likeness (QED) is 0.831. The van der Waals surface area contributed by atoms with Crippen LogP contribution in [0.3, 0.4) is 0 Å². The first-order valence-electron chi connectivity index (χ1n) is 6.15. The number of ether oxygens (including phenoxy) is 1. The van der Waals surface area contributed by atoms with Crippen molar-refractivity contribution in [2.45, 2.75) is 13.8 Å². The van der Waals surface area contributed by atoms with E-state index in [-0.39, 0.29) is 12.5 Å². The zero-order chi connectivity index (χ0) is 16.3. The number of anilines is 1. The first-order chi connectivity index (χ1) is 9.55. The number of sulfonamides is 1. The van der Waals surface area contributed by atoms with Gasteiger partial charge in [-0.15, -0.1) is 0 Å². The van der Waals surface area contributed by atoms with Crippen molar-refractivity contribution in [2.24, 2.45) is 5.41 Å². The zero-order valence-corrected chi connectivity index (χ0v) is 13.9. The van der Waals surface area contributed by atoms with Crippen LogP contribution in [0.25, 0.3) is 0 Å². The molecule has 0 bridgehead atoms. The van der Waals surface area contributed by atoms with Crippen molar-refractivity contribution in [3.05, 3.63) is 23.2 Å². The standard InChI is InChI=1S/C13H19ClN2O4S/c1-13(2,8-15-21(4,18)19)12(17)16-9-5-6-11(20-3)10(14)7-9/h5-7,15H,8H2,1-4H3,(H,16,17). The maximum atomic E-state index is 12.2. The summed E-state index contributed by atoms with van der Waals surface area (Å²) in [4.78, 5) is 12.2. The highest BCUT2D eigenvalue weighted by atomic mass is 35.5. The molecule has 0 saturated carbocycles. The molecule has 1 aromatic carbocycles. The SMILES string of the molecule is COc1ccc(NC(=O)C(C)(C)CNS(C)(=O)=O)cc1Cl. The molecule has 0 radical (unpaired) electrons. The summed E-state index contributed by atoms with van der Waals surface area (Å²) < 4.78 is 29.6. The van der Waals surface area contributed by atoms with Crippen LogP contribution in [-0.4, -0.2) is 34.2 Å². The topological polar surface area (TPSA) is 84.5 Å². The first-order valence-corrected chi connectivity index (χ1v) is 8.42. The van der Waals surface area contributed by atoms with E-state index in [0.29, 0.717) is 16.5 Å². The molecular formula is C13H19ClN2O4S. The Balaban J connectivity index is 2.77. The van der Waals surface area contributed by atoms with Gasteiger partial charge in [-0.2, -0.15) is 0 Å². The van der Waals surface area contributed by atoms with Crippen LogP contribution in [0.2, 0.25) is 5.02 Å². The monoisotopic (exact) mass is 334 g/mol. The average Bonchev–Trinajstić information content (AvgIpc) is 2.36. The molecule has 0 fully saturated rings. The number of carbonyl (C=O) groups is 1. The molecule has 0 aliphatic heterocycles. The Labute approximate surface area is 129 Å². The largest absolute Gasteiger partial charge is 0.495 e. The molecule has 8 heteroatoms. The Morgan fingerprint density at radius 3 is 2.48 bits per heavy atom. The number of halogens is 1. The second-order valence-corrected chi connectivity index (χ2v) is 7.52. The lowest BCUT2D eigenvalue weighted by Gasteiger charge is -2.23. The summed E-state index contributed by atoms with van der Waals surface area (Å²) in [7, 11) is -1.85. The van der Waals surface area contributed by atoms with Gasteiger partial charge in [-0.05, 0) is 32.0 Å². The maximum Gasteiger partial charge on any atom is 0.231 e. The molecule has 0 aliphatic rings. The third-order valence-electron chi connectivity index (χ3n) is 2.80. The van der Waals surface area contributed by atoms with E-state index in [2.05, 4.69) is 10.0 Å². The number of hydrogen-bond donors (Lipinski definition) is 2. The third kappa shape index (κ3) is 5.53. The minimum absolute atomic E-state index is 0.00154. The number of hydrogen-bond acceptors (Lipinski definition) is 4. The van der Waals surface area contributed by atoms with Crippen LogP contribution in [0.4, 0.5) is 5.69 Å². The average molecular weight is 335 g/mol. The molecule has 118 valence electrons. The van der Waals surface area contributed by atoms with Crippen LogP contribution in [0.15, 0.2) is 18.2 Å². The predicted octanol–water partition coefficient (Wildman–Crippen LogP) is 1.86. The van der Waals surface area contributed by atoms with E-state index in [1.807, 2.05) is 0 Å². The van der Waals surface area contributed by atoms with Gasteiger partial charge in [0.2, 0.25) is 15.9 Å². The normalized spacial score (nSPS) is 12.0. The van der Waals surface area contributed by atoms with Crippen molar-refractivity contribution in [3.63, 3.8) is 0 Å². The molecule has 0 heterocycles. The molecule has 6 nitrogen and oxygen atoms in total. The Morgan fingerprint density at radius 1 is 1.38 bits per heavy atom. The maximum absolute atomic E-state index is 12.2. The molecular weight excluding hydrogens is 316 g/mol. The lowest BCUT2D eigenvalue weighted by atomic mass is 9.92. The molecule has 0 aliphatic carbocycles. The molecule has 1 rings (SSSR count). The van der Waals surface area contributed by atoms with Crippen molar-refractivity contribution >= 4 is 33.2 Å². The summed E-state index contributed by atoms with van der Waals surface area (Å²) in [6.07, 6.45) is 1.05. The smallest absolute Gasteiger partial charge is 0.231 e. The molecule has 0 saturated heterocycles. The fraction of sp³-hybridized carbons (Fsp3) is 0.462. The van der Waals surface area contributed by atoms with Crippen LogP contribution in [-0.2, 0) is 14.8 Å². The minimum atomic E-state index is -3.35. The molecule has 0 spiro atoms. The van der Waals surface area contributed by atoms with E-state index in [0.717, 1.165) is 6.26 Å². The minimum Gasteiger partial charge on any atom is -0.495 e. The number of rotatable bonds is 6. The van der Waals surface area contributed by atoms with Crippen molar-refractivity contribution in [1.29, 1.82) is 0 Å². The molecule has 0 unspecified atom stereocenters. The first kappa shape index (κ1) is 17.7. The van der Waals surface area contributed by atoms with Crippen LogP contribution < -0.4 is 14.8 Å². The Kier molecular flexibility index (Phi) is 5.61. The fourth-order valence-corrected chi connectivity index (χ4v) is 2.32. The highest BCUT2D eigenvalue weighted by Crippen LogP contribution is 2.28. The van der Waals surface area contributed by atoms with E-state index in [1.54, 1.807) is 32.0 Å². The summed E-state index contributed by atoms with van der Waals surface area (Å²) in [6, 6.07) is 4.86. The molecule has 2 N–H and O–H groups in total. The molecule has 0 atom stereocenters. The summed E-state index contributed by atoms with van der Waals surface area (Å²) in [5.74, 6) is 0.188. The van der Waals surface area contributed by atoms with E-state index in [1.165, 1.54) is 7.11 Å². The van der Waals surface area contributed by atoms with Crippen molar-refractivity contribution in [2.75, 3.05) is 25.2 Å². The second kappa shape index (κ2) is 6.64. The summed E-state index contributed by atoms with van der Waals surface area (Å²) >= 11 is 5.98. The third-order valence-corrected chi connectivity index (χ3v) is 3.76. The van der Waals surface area contributed by atoms with Crippen LogP contribution in [0.1, 0.15) is 13.8 Å². The predicted molar refractivity (Wildman–Crippen MR) is 83.3 cm³/mol. The summed E-state index contributed by atoms with van der Waals surface area (Å²) in [5.41, 5.74) is -0.395. The van der Waals surface area contributed by atoms with E-state index >= 15 is 0 Å². The van der Waals surface area contributed by atoms with Gasteiger partial charge in [0, 0.05) is 12.2 Å². The Hall–Kier alpha value is -1.31. The summed E-state index contributed by atoms with van der Waals surface area (Å²) in [5, 5.41) is 3.07. The number of carbonyl (C=O) groups excluding carboxylic acids is 1.